The summed E-state index contributed by atoms with van der Waals surface area (Å²) in [6, 6.07) is 6.18. The predicted molar refractivity (Wildman–Crippen MR) is 68.0 cm³/mol. The Labute approximate surface area is 97.2 Å². The molecule has 0 fully saturated rings. The predicted octanol–water partition coefficient (Wildman–Crippen LogP) is 2.84. The van der Waals surface area contributed by atoms with Crippen LogP contribution in [-0.4, -0.2) is 5.91 Å². The fraction of sp³-hybridized carbons (Fsp3) is 0.357. The van der Waals surface area contributed by atoms with E-state index in [2.05, 4.69) is 25.1 Å². The molecule has 2 heteroatoms. The fourth-order valence-corrected chi connectivity index (χ4v) is 1.96. The van der Waals surface area contributed by atoms with Crippen LogP contribution in [-0.2, 0) is 11.2 Å². The van der Waals surface area contributed by atoms with Crippen LogP contribution in [0, 0.1) is 6.92 Å². The highest BCUT2D eigenvalue weighted by Crippen LogP contribution is 2.31. The minimum Gasteiger partial charge on any atom is -0.369 e. The molecule has 0 radical (unpaired) electrons. The monoisotopic (exact) mass is 217 g/mol. The summed E-state index contributed by atoms with van der Waals surface area (Å²) in [6.07, 6.45) is 3.39. The van der Waals surface area contributed by atoms with Crippen LogP contribution in [0.4, 0.5) is 0 Å². The quantitative estimate of drug-likeness (QED) is 0.813. The van der Waals surface area contributed by atoms with Gasteiger partial charge in [0.15, 0.2) is 0 Å². The van der Waals surface area contributed by atoms with Crippen molar-refractivity contribution in [3.8, 4) is 0 Å². The molecule has 0 aromatic heterocycles. The fourth-order valence-electron chi connectivity index (χ4n) is 1.96. The van der Waals surface area contributed by atoms with Crippen LogP contribution < -0.4 is 5.73 Å². The molecular formula is C14H19NO. The van der Waals surface area contributed by atoms with E-state index in [0.717, 1.165) is 12.0 Å². The van der Waals surface area contributed by atoms with Gasteiger partial charge in [0, 0.05) is 0 Å². The van der Waals surface area contributed by atoms with Crippen LogP contribution >= 0.6 is 0 Å². The standard InChI is InChI=1S/C12H13NO.C2H6/c1-8-3-2-4-11-9(7-12(13)14)5-6-10(8)11;1-2/h2-5H,6-7H2,1H3,(H2,13,14);1-2H3. The van der Waals surface area contributed by atoms with Gasteiger partial charge in [-0.25, -0.2) is 0 Å². The Morgan fingerprint density at radius 2 is 2.06 bits per heavy atom. The summed E-state index contributed by atoms with van der Waals surface area (Å²) in [5.74, 6) is -0.259. The largest absolute Gasteiger partial charge is 0.369 e. The molecule has 1 aromatic rings. The average molecular weight is 217 g/mol. The highest BCUT2D eigenvalue weighted by atomic mass is 16.1. The topological polar surface area (TPSA) is 43.1 Å². The number of carbonyl (C=O) groups is 1. The van der Waals surface area contributed by atoms with E-state index < -0.39 is 0 Å². The SMILES string of the molecule is CC.Cc1cccc2c1CC=C2CC(N)=O. The van der Waals surface area contributed by atoms with Crippen LogP contribution in [0.2, 0.25) is 0 Å². The highest BCUT2D eigenvalue weighted by molar-refractivity contribution is 5.90. The van der Waals surface area contributed by atoms with E-state index in [4.69, 9.17) is 5.73 Å². The van der Waals surface area contributed by atoms with E-state index in [0.29, 0.717) is 6.42 Å². The third-order valence-electron chi connectivity index (χ3n) is 2.67. The number of hydrogen-bond donors (Lipinski definition) is 1. The van der Waals surface area contributed by atoms with Crippen molar-refractivity contribution in [3.63, 3.8) is 0 Å². The van der Waals surface area contributed by atoms with Crippen molar-refractivity contribution >= 4 is 11.5 Å². The minimum absolute atomic E-state index is 0.259. The molecule has 2 N–H and O–H groups in total. The number of amides is 1. The number of fused-ring (bicyclic) bond motifs is 1. The Kier molecular flexibility index (Phi) is 4.29. The number of aryl methyl sites for hydroxylation is 1. The molecule has 1 aromatic carbocycles. The Balaban J connectivity index is 0.000000606. The summed E-state index contributed by atoms with van der Waals surface area (Å²) in [7, 11) is 0. The lowest BCUT2D eigenvalue weighted by Crippen LogP contribution is -2.10. The lowest BCUT2D eigenvalue weighted by atomic mass is 10.00. The molecular weight excluding hydrogens is 198 g/mol. The molecule has 2 nitrogen and oxygen atoms in total. The molecule has 1 amide bonds. The first-order chi connectivity index (χ1) is 7.68. The summed E-state index contributed by atoms with van der Waals surface area (Å²) < 4.78 is 0. The first kappa shape index (κ1) is 12.5. The first-order valence-corrected chi connectivity index (χ1v) is 5.74. The van der Waals surface area contributed by atoms with Crippen molar-refractivity contribution in [2.45, 2.75) is 33.6 Å². The van der Waals surface area contributed by atoms with Crippen molar-refractivity contribution in [3.05, 3.63) is 41.0 Å². The summed E-state index contributed by atoms with van der Waals surface area (Å²) in [5, 5.41) is 0. The first-order valence-electron chi connectivity index (χ1n) is 5.74. The molecule has 1 aliphatic carbocycles. The molecule has 2 rings (SSSR count). The number of rotatable bonds is 2. The van der Waals surface area contributed by atoms with Crippen LogP contribution in [0.3, 0.4) is 0 Å². The van der Waals surface area contributed by atoms with Gasteiger partial charge in [-0.3, -0.25) is 4.79 Å². The molecule has 1 aliphatic rings. The zero-order valence-electron chi connectivity index (χ0n) is 10.2. The highest BCUT2D eigenvalue weighted by Gasteiger charge is 2.16. The van der Waals surface area contributed by atoms with Gasteiger partial charge in [-0.1, -0.05) is 38.1 Å². The van der Waals surface area contributed by atoms with E-state index >= 15 is 0 Å². The van der Waals surface area contributed by atoms with Crippen molar-refractivity contribution in [2.24, 2.45) is 5.73 Å². The lowest BCUT2D eigenvalue weighted by Gasteiger charge is -2.05. The Morgan fingerprint density at radius 3 is 2.69 bits per heavy atom. The number of allylic oxidation sites excluding steroid dienone is 1. The van der Waals surface area contributed by atoms with Gasteiger partial charge in [0.25, 0.3) is 0 Å². The van der Waals surface area contributed by atoms with E-state index in [1.54, 1.807) is 0 Å². The Hall–Kier alpha value is -1.57. The van der Waals surface area contributed by atoms with Gasteiger partial charge in [0.2, 0.25) is 5.91 Å². The van der Waals surface area contributed by atoms with Crippen molar-refractivity contribution in [2.75, 3.05) is 0 Å². The van der Waals surface area contributed by atoms with Crippen molar-refractivity contribution in [1.29, 1.82) is 0 Å². The van der Waals surface area contributed by atoms with E-state index in [1.807, 2.05) is 19.9 Å². The second kappa shape index (κ2) is 5.50. The molecule has 0 bridgehead atoms. The van der Waals surface area contributed by atoms with E-state index in [9.17, 15) is 4.79 Å². The normalized spacial score (nSPS) is 12.3. The molecule has 0 saturated carbocycles. The van der Waals surface area contributed by atoms with Gasteiger partial charge in [0.1, 0.15) is 0 Å². The lowest BCUT2D eigenvalue weighted by molar-refractivity contribution is -0.117. The van der Waals surface area contributed by atoms with Crippen molar-refractivity contribution < 1.29 is 4.79 Å². The maximum absolute atomic E-state index is 10.8. The average Bonchev–Trinajstić information content (AvgIpc) is 2.65. The minimum atomic E-state index is -0.259. The van der Waals surface area contributed by atoms with Gasteiger partial charge in [-0.15, -0.1) is 0 Å². The third-order valence-corrected chi connectivity index (χ3v) is 2.67. The molecule has 0 aliphatic heterocycles. The third kappa shape index (κ3) is 2.51. The number of benzene rings is 1. The molecule has 0 unspecified atom stereocenters. The molecule has 16 heavy (non-hydrogen) atoms. The van der Waals surface area contributed by atoms with Gasteiger partial charge in [0.05, 0.1) is 6.42 Å². The van der Waals surface area contributed by atoms with Crippen LogP contribution in [0.1, 0.15) is 37.0 Å². The zero-order valence-corrected chi connectivity index (χ0v) is 10.2. The van der Waals surface area contributed by atoms with Gasteiger partial charge >= 0.3 is 0 Å². The maximum atomic E-state index is 10.8. The zero-order chi connectivity index (χ0) is 12.1. The van der Waals surface area contributed by atoms with Crippen LogP contribution in [0.5, 0.6) is 0 Å². The van der Waals surface area contributed by atoms with Gasteiger partial charge < -0.3 is 5.73 Å². The Morgan fingerprint density at radius 1 is 1.38 bits per heavy atom. The van der Waals surface area contributed by atoms with Gasteiger partial charge in [-0.05, 0) is 35.6 Å². The number of carbonyl (C=O) groups excluding carboxylic acids is 1. The summed E-state index contributed by atoms with van der Waals surface area (Å²) in [4.78, 5) is 10.8. The molecule has 0 heterocycles. The number of hydrogen-bond acceptors (Lipinski definition) is 1. The maximum Gasteiger partial charge on any atom is 0.221 e. The molecule has 0 saturated heterocycles. The summed E-state index contributed by atoms with van der Waals surface area (Å²) in [5.41, 5.74) is 10.1. The van der Waals surface area contributed by atoms with Crippen LogP contribution in [0.15, 0.2) is 24.3 Å². The van der Waals surface area contributed by atoms with Crippen LogP contribution in [0.25, 0.3) is 5.57 Å². The van der Waals surface area contributed by atoms with Crippen molar-refractivity contribution in [1.82, 2.24) is 0 Å². The second-order valence-electron chi connectivity index (χ2n) is 3.68. The molecule has 86 valence electrons. The molecule has 0 atom stereocenters. The summed E-state index contributed by atoms with van der Waals surface area (Å²) >= 11 is 0. The smallest absolute Gasteiger partial charge is 0.221 e. The van der Waals surface area contributed by atoms with E-state index in [-0.39, 0.29) is 5.91 Å². The van der Waals surface area contributed by atoms with Gasteiger partial charge in [-0.2, -0.15) is 0 Å². The summed E-state index contributed by atoms with van der Waals surface area (Å²) in [6.45, 7) is 6.10. The molecule has 0 spiro atoms. The second-order valence-corrected chi connectivity index (χ2v) is 3.68. The Bertz CT molecular complexity index is 419. The number of nitrogens with two attached hydrogens (primary N) is 1. The van der Waals surface area contributed by atoms with E-state index in [1.165, 1.54) is 16.7 Å². The number of primary amides is 1.